The molecule has 3 heterocycles. The molecule has 4 aromatic rings. The zero-order chi connectivity index (χ0) is 31.5. The molecule has 9 nitrogen and oxygen atoms in total. The highest BCUT2D eigenvalue weighted by atomic mass is 32.2. The molecule has 0 atom stereocenters. The maximum Gasteiger partial charge on any atom is 0.423 e. The fraction of sp³-hybridized carbons (Fsp3) is 0.323. The number of anilines is 1. The van der Waals surface area contributed by atoms with E-state index in [9.17, 15) is 21.6 Å². The molecule has 0 unspecified atom stereocenters. The molecular formula is C31H32F3N5O4S. The van der Waals surface area contributed by atoms with Gasteiger partial charge in [0.25, 0.3) is 10.0 Å². The van der Waals surface area contributed by atoms with Gasteiger partial charge in [-0.3, -0.25) is 4.68 Å². The average Bonchev–Trinajstić information content (AvgIpc) is 3.43. The van der Waals surface area contributed by atoms with E-state index in [0.717, 1.165) is 23.8 Å². The molecule has 0 saturated heterocycles. The summed E-state index contributed by atoms with van der Waals surface area (Å²) in [6.45, 7) is 5.12. The molecule has 232 valence electrons. The molecule has 1 N–H and O–H groups in total. The van der Waals surface area contributed by atoms with E-state index in [0.29, 0.717) is 37.5 Å². The van der Waals surface area contributed by atoms with Gasteiger partial charge in [-0.2, -0.15) is 23.3 Å². The van der Waals surface area contributed by atoms with Crippen molar-refractivity contribution in [2.24, 2.45) is 13.0 Å². The summed E-state index contributed by atoms with van der Waals surface area (Å²) in [5, 5.41) is 3.87. The van der Waals surface area contributed by atoms with E-state index in [1.807, 2.05) is 19.9 Å². The second-order valence-corrected chi connectivity index (χ2v) is 12.5. The molecule has 44 heavy (non-hydrogen) atoms. The van der Waals surface area contributed by atoms with Gasteiger partial charge in [0, 0.05) is 18.8 Å². The highest BCUT2D eigenvalue weighted by molar-refractivity contribution is 7.92. The van der Waals surface area contributed by atoms with Crippen molar-refractivity contribution in [3.8, 4) is 22.9 Å². The first kappa shape index (κ1) is 31.2. The Kier molecular flexibility index (Phi) is 9.07. The number of nitrogens with one attached hydrogen (secondary N) is 1. The maximum atomic E-state index is 14.9. The zero-order valence-electron chi connectivity index (χ0n) is 24.4. The van der Waals surface area contributed by atoms with Crippen LogP contribution in [0.25, 0.3) is 16.8 Å². The number of sulfonamides is 1. The van der Waals surface area contributed by atoms with Crippen LogP contribution in [-0.4, -0.2) is 41.4 Å². The Morgan fingerprint density at radius 3 is 2.48 bits per heavy atom. The topological polar surface area (TPSA) is 108 Å². The Labute approximate surface area is 253 Å². The molecule has 5 rings (SSSR count). The molecule has 0 amide bonds. The van der Waals surface area contributed by atoms with E-state index in [1.54, 1.807) is 42.5 Å². The second-order valence-electron chi connectivity index (χ2n) is 10.8. The lowest BCUT2D eigenvalue weighted by atomic mass is 9.95. The zero-order valence-corrected chi connectivity index (χ0v) is 25.2. The van der Waals surface area contributed by atoms with Crippen molar-refractivity contribution in [1.82, 2.24) is 19.7 Å². The highest BCUT2D eigenvalue weighted by Gasteiger charge is 2.41. The number of hydrogen-bond acceptors (Lipinski definition) is 7. The van der Waals surface area contributed by atoms with Crippen molar-refractivity contribution in [1.29, 1.82) is 0 Å². The van der Waals surface area contributed by atoms with E-state index in [-0.39, 0.29) is 16.2 Å². The molecular weight excluding hydrogens is 595 g/mol. The number of ether oxygens (including phenoxy) is 2. The van der Waals surface area contributed by atoms with Gasteiger partial charge in [-0.25, -0.2) is 18.1 Å². The minimum Gasteiger partial charge on any atom is -0.438 e. The van der Waals surface area contributed by atoms with Crippen molar-refractivity contribution < 1.29 is 31.1 Å². The Balaban J connectivity index is 1.64. The lowest BCUT2D eigenvalue weighted by molar-refractivity contribution is -0.138. The lowest BCUT2D eigenvalue weighted by Crippen LogP contribution is -2.18. The monoisotopic (exact) mass is 627 g/mol. The van der Waals surface area contributed by atoms with E-state index < -0.39 is 39.3 Å². The second kappa shape index (κ2) is 12.8. The van der Waals surface area contributed by atoms with Crippen LogP contribution in [-0.2, 0) is 34.4 Å². The third-order valence-corrected chi connectivity index (χ3v) is 8.33. The SMILES string of the molecule is CC(C)CCc1ccccc1-c1nc(NS(=O)(=O)c2cnn(C)c2)nc(Oc2ccc(C3=CCOCC3)cc2)c1C(F)(F)F. The number of hydrogen-bond donors (Lipinski definition) is 1. The minimum atomic E-state index is -4.94. The Morgan fingerprint density at radius 1 is 1.09 bits per heavy atom. The molecule has 1 aliphatic heterocycles. The summed E-state index contributed by atoms with van der Waals surface area (Å²) in [5.41, 5.74) is 1.09. The summed E-state index contributed by atoms with van der Waals surface area (Å²) in [5.74, 6) is -1.01. The van der Waals surface area contributed by atoms with Crippen LogP contribution in [0.3, 0.4) is 0 Å². The van der Waals surface area contributed by atoms with Crippen LogP contribution in [0.5, 0.6) is 11.6 Å². The molecule has 2 aromatic heterocycles. The molecule has 0 radical (unpaired) electrons. The van der Waals surface area contributed by atoms with Crippen molar-refractivity contribution in [2.75, 3.05) is 17.9 Å². The molecule has 0 aliphatic carbocycles. The summed E-state index contributed by atoms with van der Waals surface area (Å²) in [6, 6.07) is 13.2. The van der Waals surface area contributed by atoms with Crippen LogP contribution in [0.4, 0.5) is 19.1 Å². The van der Waals surface area contributed by atoms with Gasteiger partial charge in [-0.1, -0.05) is 56.3 Å². The smallest absolute Gasteiger partial charge is 0.423 e. The molecule has 0 bridgehead atoms. The van der Waals surface area contributed by atoms with Crippen LogP contribution in [0.1, 0.15) is 43.4 Å². The van der Waals surface area contributed by atoms with Gasteiger partial charge in [0.1, 0.15) is 16.2 Å². The molecule has 0 spiro atoms. The van der Waals surface area contributed by atoms with Crippen molar-refractivity contribution in [3.63, 3.8) is 0 Å². The van der Waals surface area contributed by atoms with E-state index >= 15 is 0 Å². The molecule has 0 fully saturated rings. The average molecular weight is 628 g/mol. The van der Waals surface area contributed by atoms with Crippen molar-refractivity contribution >= 4 is 21.5 Å². The summed E-state index contributed by atoms with van der Waals surface area (Å²) in [4.78, 5) is 7.89. The largest absolute Gasteiger partial charge is 0.438 e. The number of halogens is 3. The van der Waals surface area contributed by atoms with Gasteiger partial charge in [-0.05, 0) is 54.0 Å². The van der Waals surface area contributed by atoms with Crippen LogP contribution in [0, 0.1) is 5.92 Å². The van der Waals surface area contributed by atoms with Gasteiger partial charge in [0.05, 0.1) is 25.1 Å². The quantitative estimate of drug-likeness (QED) is 0.204. The number of benzene rings is 2. The normalized spacial score (nSPS) is 14.0. The van der Waals surface area contributed by atoms with Gasteiger partial charge >= 0.3 is 6.18 Å². The predicted octanol–water partition coefficient (Wildman–Crippen LogP) is 6.88. The third-order valence-electron chi connectivity index (χ3n) is 7.04. The fourth-order valence-corrected chi connectivity index (χ4v) is 5.70. The molecule has 2 aromatic carbocycles. The third kappa shape index (κ3) is 7.28. The van der Waals surface area contributed by atoms with Gasteiger partial charge in [-0.15, -0.1) is 0 Å². The number of nitrogens with zero attached hydrogens (tertiary/aromatic N) is 4. The Hall–Kier alpha value is -4.23. The molecule has 0 saturated carbocycles. The van der Waals surface area contributed by atoms with Crippen molar-refractivity contribution in [3.05, 3.63) is 83.7 Å². The summed E-state index contributed by atoms with van der Waals surface area (Å²) in [7, 11) is -2.75. The Bertz CT molecular complexity index is 1770. The fourth-order valence-electron chi connectivity index (χ4n) is 4.78. The highest BCUT2D eigenvalue weighted by Crippen LogP contribution is 2.44. The lowest BCUT2D eigenvalue weighted by Gasteiger charge is -2.20. The van der Waals surface area contributed by atoms with Gasteiger partial charge in [0.2, 0.25) is 11.8 Å². The molecule has 1 aliphatic rings. The number of aryl methyl sites for hydroxylation is 2. The van der Waals surface area contributed by atoms with Crippen LogP contribution in [0.2, 0.25) is 0 Å². The van der Waals surface area contributed by atoms with E-state index in [4.69, 9.17) is 9.47 Å². The van der Waals surface area contributed by atoms with Crippen LogP contribution >= 0.6 is 0 Å². The van der Waals surface area contributed by atoms with Gasteiger partial charge < -0.3 is 9.47 Å². The van der Waals surface area contributed by atoms with E-state index in [2.05, 4.69) is 19.8 Å². The van der Waals surface area contributed by atoms with Crippen LogP contribution < -0.4 is 9.46 Å². The number of rotatable bonds is 10. The summed E-state index contributed by atoms with van der Waals surface area (Å²) in [6.07, 6.45) is 1.30. The first-order valence-electron chi connectivity index (χ1n) is 14.0. The van der Waals surface area contributed by atoms with Crippen LogP contribution in [0.15, 0.2) is 71.9 Å². The molecule has 13 heteroatoms. The standard InChI is InChI=1S/C31H32F3N5O4S/c1-20(2)8-9-23-6-4-5-7-26(23)28-27(31(32,33)34)29(37-30(36-28)38-44(40,41)25-18-35-39(3)19-25)43-24-12-10-21(11-13-24)22-14-16-42-17-15-22/h4-7,10-14,18-20H,8-9,15-17H2,1-3H3,(H,36,37,38). The maximum absolute atomic E-state index is 14.9. The predicted molar refractivity (Wildman–Crippen MR) is 160 cm³/mol. The van der Waals surface area contributed by atoms with Gasteiger partial charge in [0.15, 0.2) is 0 Å². The first-order chi connectivity index (χ1) is 20.9. The van der Waals surface area contributed by atoms with E-state index in [1.165, 1.54) is 24.0 Å². The summed E-state index contributed by atoms with van der Waals surface area (Å²) < 4.78 is 85.5. The number of aromatic nitrogens is 4. The first-order valence-corrected chi connectivity index (χ1v) is 15.5. The minimum absolute atomic E-state index is 0.0886. The number of alkyl halides is 3. The summed E-state index contributed by atoms with van der Waals surface area (Å²) >= 11 is 0. The Morgan fingerprint density at radius 2 is 1.84 bits per heavy atom. The van der Waals surface area contributed by atoms with Crippen molar-refractivity contribution in [2.45, 2.75) is 44.2 Å².